The average Bonchev–Trinajstić information content (AvgIpc) is 3.04. The molecule has 0 bridgehead atoms. The van der Waals surface area contributed by atoms with Crippen LogP contribution in [0.25, 0.3) is 22.3 Å². The van der Waals surface area contributed by atoms with E-state index in [1.165, 1.54) is 56.5 Å². The van der Waals surface area contributed by atoms with Crippen molar-refractivity contribution in [3.63, 3.8) is 0 Å². The van der Waals surface area contributed by atoms with Crippen molar-refractivity contribution in [3.05, 3.63) is 155 Å². The van der Waals surface area contributed by atoms with Crippen molar-refractivity contribution >= 4 is 0 Å². The largest absolute Gasteiger partial charge is 0.0683 e. The van der Waals surface area contributed by atoms with Crippen molar-refractivity contribution in [1.29, 1.82) is 0 Å². The second-order valence-electron chi connectivity index (χ2n) is 10.1. The van der Waals surface area contributed by atoms with Crippen LogP contribution in [0.1, 0.15) is 75.8 Å². The molecule has 5 rings (SSSR count). The van der Waals surface area contributed by atoms with Gasteiger partial charge in [-0.1, -0.05) is 186 Å². The van der Waals surface area contributed by atoms with Gasteiger partial charge in [0.2, 0.25) is 0 Å². The maximum absolute atomic E-state index is 2.25. The van der Waals surface area contributed by atoms with E-state index in [1.807, 2.05) is 38.1 Å². The molecule has 0 heterocycles. The van der Waals surface area contributed by atoms with E-state index in [0.717, 1.165) is 12.8 Å². The minimum atomic E-state index is 1.05. The second-order valence-corrected chi connectivity index (χ2v) is 10.1. The molecule has 0 saturated heterocycles. The molecule has 0 fully saturated rings. The molecule has 0 atom stereocenters. The molecular formula is C42H54. The summed E-state index contributed by atoms with van der Waals surface area (Å²) in [6.45, 7) is 19.1. The molecule has 5 aromatic rings. The smallest absolute Gasteiger partial charge is 0.00708 e. The first-order chi connectivity index (χ1) is 20.4. The Kier molecular flexibility index (Phi) is 18.7. The molecule has 42 heavy (non-hydrogen) atoms. The van der Waals surface area contributed by atoms with E-state index in [2.05, 4.69) is 152 Å². The van der Waals surface area contributed by atoms with Crippen LogP contribution in [0.15, 0.2) is 127 Å². The Labute approximate surface area is 258 Å². The molecule has 0 N–H and O–H groups in total. The molecule has 0 heteroatoms. The summed E-state index contributed by atoms with van der Waals surface area (Å²) in [5, 5.41) is 0. The molecular weight excluding hydrogens is 504 g/mol. The molecule has 0 spiro atoms. The first-order valence-corrected chi connectivity index (χ1v) is 15.7. The zero-order valence-corrected chi connectivity index (χ0v) is 27.7. The molecule has 0 unspecified atom stereocenters. The van der Waals surface area contributed by atoms with Crippen molar-refractivity contribution < 1.29 is 0 Å². The highest BCUT2D eigenvalue weighted by atomic mass is 14.2. The summed E-state index contributed by atoms with van der Waals surface area (Å²) in [6, 6.07) is 44.9. The van der Waals surface area contributed by atoms with Gasteiger partial charge in [-0.25, -0.2) is 0 Å². The van der Waals surface area contributed by atoms with E-state index >= 15 is 0 Å². The highest BCUT2D eigenvalue weighted by Crippen LogP contribution is 2.37. The normalized spacial score (nSPS) is 9.36. The fourth-order valence-electron chi connectivity index (χ4n) is 4.29. The van der Waals surface area contributed by atoms with Crippen LogP contribution in [0.4, 0.5) is 0 Å². The van der Waals surface area contributed by atoms with Crippen LogP contribution in [0.5, 0.6) is 0 Å². The summed E-state index contributed by atoms with van der Waals surface area (Å²) in [4.78, 5) is 0. The Morgan fingerprint density at radius 1 is 0.429 bits per heavy atom. The minimum absolute atomic E-state index is 1.05. The van der Waals surface area contributed by atoms with Crippen LogP contribution in [0.2, 0.25) is 0 Å². The van der Waals surface area contributed by atoms with E-state index in [0.29, 0.717) is 0 Å². The highest BCUT2D eigenvalue weighted by molar-refractivity contribution is 5.87. The molecule has 5 aromatic carbocycles. The van der Waals surface area contributed by atoms with Gasteiger partial charge >= 0.3 is 0 Å². The maximum Gasteiger partial charge on any atom is -0.00708 e. The molecule has 0 radical (unpaired) electrons. The third-order valence-electron chi connectivity index (χ3n) is 6.50. The van der Waals surface area contributed by atoms with Crippen LogP contribution in [-0.2, 0) is 12.8 Å². The average molecular weight is 559 g/mol. The zero-order valence-electron chi connectivity index (χ0n) is 27.7. The van der Waals surface area contributed by atoms with E-state index in [-0.39, 0.29) is 0 Å². The van der Waals surface area contributed by atoms with Crippen LogP contribution < -0.4 is 0 Å². The van der Waals surface area contributed by atoms with Gasteiger partial charge in [0.25, 0.3) is 0 Å². The quantitative estimate of drug-likeness (QED) is 0.206. The number of hydrogen-bond donors (Lipinski definition) is 0. The predicted molar refractivity (Wildman–Crippen MR) is 190 cm³/mol. The summed E-state index contributed by atoms with van der Waals surface area (Å²) >= 11 is 0. The number of benzene rings is 5. The fraction of sp³-hybridized carbons (Fsp3) is 0.286. The topological polar surface area (TPSA) is 0 Å². The van der Waals surface area contributed by atoms with E-state index in [4.69, 9.17) is 0 Å². The fourth-order valence-corrected chi connectivity index (χ4v) is 4.29. The van der Waals surface area contributed by atoms with Gasteiger partial charge in [0, 0.05) is 0 Å². The van der Waals surface area contributed by atoms with Gasteiger partial charge in [0.05, 0.1) is 0 Å². The van der Waals surface area contributed by atoms with Gasteiger partial charge in [-0.2, -0.15) is 0 Å². The van der Waals surface area contributed by atoms with E-state index in [9.17, 15) is 0 Å². The molecule has 0 aliphatic rings. The van der Waals surface area contributed by atoms with Crippen LogP contribution in [0, 0.1) is 20.8 Å². The lowest BCUT2D eigenvalue weighted by molar-refractivity contribution is 1.09. The Bertz CT molecular complexity index is 1350. The first kappa shape index (κ1) is 36.1. The van der Waals surface area contributed by atoms with E-state index in [1.54, 1.807) is 0 Å². The Morgan fingerprint density at radius 2 is 0.905 bits per heavy atom. The monoisotopic (exact) mass is 558 g/mol. The van der Waals surface area contributed by atoms with Gasteiger partial charge < -0.3 is 0 Å². The van der Waals surface area contributed by atoms with E-state index < -0.39 is 0 Å². The van der Waals surface area contributed by atoms with Gasteiger partial charge in [-0.3, -0.25) is 0 Å². The SMILES string of the molecule is CC.CCC.CCc1cccc(-c2ccc(C)cc2)c1-c1ccccc1C.CCc1ccccc1.Cc1ccccc1. The molecule has 0 nitrogen and oxygen atoms in total. The Morgan fingerprint density at radius 3 is 1.36 bits per heavy atom. The summed E-state index contributed by atoms with van der Waals surface area (Å²) in [5.74, 6) is 0. The maximum atomic E-state index is 2.25. The highest BCUT2D eigenvalue weighted by Gasteiger charge is 2.12. The third-order valence-corrected chi connectivity index (χ3v) is 6.50. The summed E-state index contributed by atoms with van der Waals surface area (Å²) in [6.07, 6.45) is 3.43. The molecule has 0 aliphatic heterocycles. The zero-order chi connectivity index (χ0) is 31.2. The first-order valence-electron chi connectivity index (χ1n) is 15.7. The van der Waals surface area contributed by atoms with Crippen LogP contribution in [0.3, 0.4) is 0 Å². The van der Waals surface area contributed by atoms with Gasteiger partial charge in [-0.15, -0.1) is 0 Å². The Balaban J connectivity index is 0.000000359. The molecule has 222 valence electrons. The van der Waals surface area contributed by atoms with Crippen molar-refractivity contribution in [2.75, 3.05) is 0 Å². The summed E-state index contributed by atoms with van der Waals surface area (Å²) in [5.41, 5.74) is 12.1. The second kappa shape index (κ2) is 21.8. The summed E-state index contributed by atoms with van der Waals surface area (Å²) in [7, 11) is 0. The number of rotatable bonds is 4. The van der Waals surface area contributed by atoms with Crippen molar-refractivity contribution in [3.8, 4) is 22.3 Å². The number of hydrogen-bond acceptors (Lipinski definition) is 0. The number of aryl methyl sites for hydroxylation is 5. The molecule has 0 aliphatic carbocycles. The van der Waals surface area contributed by atoms with Crippen molar-refractivity contribution in [2.24, 2.45) is 0 Å². The molecule has 0 saturated carbocycles. The molecule has 0 amide bonds. The minimum Gasteiger partial charge on any atom is -0.0683 e. The lowest BCUT2D eigenvalue weighted by Crippen LogP contribution is -1.94. The van der Waals surface area contributed by atoms with Gasteiger partial charge in [0.1, 0.15) is 0 Å². The van der Waals surface area contributed by atoms with Gasteiger partial charge in [0.15, 0.2) is 0 Å². The standard InChI is InChI=1S/C22H22.C8H10.C7H8.C3H8.C2H6/c1-4-18-9-7-11-21(19-14-12-16(2)13-15-19)22(18)20-10-6-5-8-17(20)3;1-2-8-6-4-3-5-7-8;1-7-5-3-2-4-6-7;1-3-2;1-2/h5-15H,4H2,1-3H3;3-7H,2H2,1H3;2-6H,1H3;3H2,1-2H3;1-2H3. The lowest BCUT2D eigenvalue weighted by Gasteiger charge is -2.17. The summed E-state index contributed by atoms with van der Waals surface area (Å²) < 4.78 is 0. The van der Waals surface area contributed by atoms with Crippen LogP contribution in [-0.4, -0.2) is 0 Å². The third kappa shape index (κ3) is 12.7. The van der Waals surface area contributed by atoms with Gasteiger partial charge in [-0.05, 0) is 72.6 Å². The Hall–Kier alpha value is -3.90. The molecule has 0 aromatic heterocycles. The predicted octanol–water partition coefficient (Wildman–Crippen LogP) is 12.9. The van der Waals surface area contributed by atoms with Crippen LogP contribution >= 0.6 is 0 Å². The van der Waals surface area contributed by atoms with Crippen molar-refractivity contribution in [2.45, 2.75) is 81.6 Å². The lowest BCUT2D eigenvalue weighted by atomic mass is 9.87. The van der Waals surface area contributed by atoms with Crippen molar-refractivity contribution in [1.82, 2.24) is 0 Å².